The highest BCUT2D eigenvalue weighted by atomic mass is 32.2. The zero-order valence-electron chi connectivity index (χ0n) is 20.0. The number of nitro groups is 1. The molecule has 10 heteroatoms. The SMILES string of the molecule is Cc1ccc([N+](=O)[O-])cc1N(CC(=O)NC(C)c1ccc(N2CCC(C)CC2)cc1)S(C)(=O)=O. The van der Waals surface area contributed by atoms with E-state index >= 15 is 0 Å². The van der Waals surface area contributed by atoms with Crippen LogP contribution in [0.15, 0.2) is 42.5 Å². The summed E-state index contributed by atoms with van der Waals surface area (Å²) in [7, 11) is -3.86. The molecule has 0 bridgehead atoms. The first-order valence-corrected chi connectivity index (χ1v) is 13.2. The van der Waals surface area contributed by atoms with Crippen molar-refractivity contribution < 1.29 is 18.1 Å². The summed E-state index contributed by atoms with van der Waals surface area (Å²) >= 11 is 0. The standard InChI is InChI=1S/C24H32N4O5S/c1-17-11-13-26(14-12-17)21-9-6-20(7-10-21)19(3)25-24(29)16-27(34(4,32)33)23-15-22(28(30)31)8-5-18(23)2/h5-10,15,17,19H,11-14,16H2,1-4H3,(H,25,29). The molecule has 0 radical (unpaired) electrons. The molecule has 1 aliphatic heterocycles. The van der Waals surface area contributed by atoms with Crippen LogP contribution in [0.3, 0.4) is 0 Å². The maximum absolute atomic E-state index is 12.8. The molecule has 1 aliphatic rings. The quantitative estimate of drug-likeness (QED) is 0.447. The van der Waals surface area contributed by atoms with Crippen LogP contribution in [0.1, 0.15) is 43.9 Å². The third kappa shape index (κ3) is 6.25. The van der Waals surface area contributed by atoms with Crippen molar-refractivity contribution in [3.63, 3.8) is 0 Å². The van der Waals surface area contributed by atoms with Gasteiger partial charge in [0.25, 0.3) is 5.69 Å². The van der Waals surface area contributed by atoms with Gasteiger partial charge in [0.15, 0.2) is 0 Å². The number of nitrogens with one attached hydrogen (secondary N) is 1. The number of amides is 1. The maximum Gasteiger partial charge on any atom is 0.271 e. The first kappa shape index (κ1) is 25.5. The van der Waals surface area contributed by atoms with Crippen molar-refractivity contribution in [3.05, 3.63) is 63.7 Å². The first-order chi connectivity index (χ1) is 16.0. The summed E-state index contributed by atoms with van der Waals surface area (Å²) in [4.78, 5) is 25.7. The predicted octanol–water partition coefficient (Wildman–Crippen LogP) is 3.78. The number of hydrogen-bond donors (Lipinski definition) is 1. The van der Waals surface area contributed by atoms with Gasteiger partial charge < -0.3 is 10.2 Å². The highest BCUT2D eigenvalue weighted by molar-refractivity contribution is 7.92. The Labute approximate surface area is 201 Å². The van der Waals surface area contributed by atoms with Crippen molar-refractivity contribution in [2.75, 3.05) is 35.1 Å². The summed E-state index contributed by atoms with van der Waals surface area (Å²) in [6.07, 6.45) is 3.33. The number of anilines is 2. The van der Waals surface area contributed by atoms with E-state index in [9.17, 15) is 23.3 Å². The van der Waals surface area contributed by atoms with E-state index in [1.54, 1.807) is 6.92 Å². The van der Waals surface area contributed by atoms with E-state index in [0.29, 0.717) is 5.56 Å². The number of rotatable bonds is 8. The lowest BCUT2D eigenvalue weighted by Crippen LogP contribution is -2.41. The smallest absolute Gasteiger partial charge is 0.271 e. The third-order valence-electron chi connectivity index (χ3n) is 6.28. The largest absolute Gasteiger partial charge is 0.372 e. The molecule has 2 aromatic carbocycles. The number of carbonyl (C=O) groups excluding carboxylic acids is 1. The highest BCUT2D eigenvalue weighted by Crippen LogP contribution is 2.28. The number of benzene rings is 2. The molecule has 1 amide bonds. The van der Waals surface area contributed by atoms with Gasteiger partial charge in [0, 0.05) is 30.9 Å². The molecule has 9 nitrogen and oxygen atoms in total. The number of non-ortho nitro benzene ring substituents is 1. The van der Waals surface area contributed by atoms with E-state index in [-0.39, 0.29) is 17.4 Å². The minimum Gasteiger partial charge on any atom is -0.372 e. The van der Waals surface area contributed by atoms with Crippen molar-refractivity contribution in [1.82, 2.24) is 5.32 Å². The van der Waals surface area contributed by atoms with Crippen LogP contribution >= 0.6 is 0 Å². The van der Waals surface area contributed by atoms with Crippen LogP contribution in [0, 0.1) is 23.0 Å². The Morgan fingerprint density at radius 1 is 1.21 bits per heavy atom. The van der Waals surface area contributed by atoms with Gasteiger partial charge in [-0.2, -0.15) is 0 Å². The lowest BCUT2D eigenvalue weighted by atomic mass is 9.98. The summed E-state index contributed by atoms with van der Waals surface area (Å²) < 4.78 is 25.8. The molecule has 1 unspecified atom stereocenters. The number of nitrogens with zero attached hydrogens (tertiary/aromatic N) is 3. The summed E-state index contributed by atoms with van der Waals surface area (Å²) in [5, 5.41) is 14.0. The number of carbonyl (C=O) groups is 1. The van der Waals surface area contributed by atoms with Gasteiger partial charge in [-0.1, -0.05) is 25.1 Å². The lowest BCUT2D eigenvalue weighted by molar-refractivity contribution is -0.384. The molecular weight excluding hydrogens is 456 g/mol. The van der Waals surface area contributed by atoms with Gasteiger partial charge in [-0.3, -0.25) is 19.2 Å². The van der Waals surface area contributed by atoms with E-state index in [2.05, 4.69) is 17.1 Å². The molecule has 184 valence electrons. The Balaban J connectivity index is 1.70. The molecule has 0 saturated carbocycles. The Morgan fingerprint density at radius 2 is 1.82 bits per heavy atom. The topological polar surface area (TPSA) is 113 Å². The fourth-order valence-corrected chi connectivity index (χ4v) is 5.01. The fraction of sp³-hybridized carbons (Fsp3) is 0.458. The minimum absolute atomic E-state index is 0.111. The predicted molar refractivity (Wildman–Crippen MR) is 134 cm³/mol. The van der Waals surface area contributed by atoms with Crippen molar-refractivity contribution in [2.45, 2.75) is 39.7 Å². The van der Waals surface area contributed by atoms with Crippen LogP contribution in [-0.4, -0.2) is 45.1 Å². The second-order valence-electron chi connectivity index (χ2n) is 9.05. The van der Waals surface area contributed by atoms with E-state index in [0.717, 1.165) is 40.8 Å². The van der Waals surface area contributed by atoms with Crippen molar-refractivity contribution in [3.8, 4) is 0 Å². The van der Waals surface area contributed by atoms with Gasteiger partial charge >= 0.3 is 0 Å². The van der Waals surface area contributed by atoms with Gasteiger partial charge in [-0.05, 0) is 55.9 Å². The summed E-state index contributed by atoms with van der Waals surface area (Å²) in [6.45, 7) is 7.34. The zero-order chi connectivity index (χ0) is 25.0. The molecule has 0 aliphatic carbocycles. The fourth-order valence-electron chi connectivity index (χ4n) is 4.10. The lowest BCUT2D eigenvalue weighted by Gasteiger charge is -2.32. The second-order valence-corrected chi connectivity index (χ2v) is 11.0. The molecule has 1 fully saturated rings. The molecule has 1 saturated heterocycles. The average Bonchev–Trinajstić information content (AvgIpc) is 2.78. The van der Waals surface area contributed by atoms with Crippen LogP contribution < -0.4 is 14.5 Å². The summed E-state index contributed by atoms with van der Waals surface area (Å²) in [5.74, 6) is 0.251. The van der Waals surface area contributed by atoms with Crippen LogP contribution in [-0.2, 0) is 14.8 Å². The summed E-state index contributed by atoms with van der Waals surface area (Å²) in [5.41, 5.74) is 2.43. The van der Waals surface area contributed by atoms with Crippen molar-refractivity contribution >= 4 is 33.0 Å². The molecule has 0 aromatic heterocycles. The Kier molecular flexibility index (Phi) is 7.81. The van der Waals surface area contributed by atoms with Crippen LogP contribution in [0.5, 0.6) is 0 Å². The second kappa shape index (κ2) is 10.4. The van der Waals surface area contributed by atoms with Crippen molar-refractivity contribution in [1.29, 1.82) is 0 Å². The number of sulfonamides is 1. The molecule has 2 aromatic rings. The highest BCUT2D eigenvalue weighted by Gasteiger charge is 2.25. The molecule has 3 rings (SSSR count). The minimum atomic E-state index is -3.86. The molecular formula is C24H32N4O5S. The normalized spacial score (nSPS) is 15.6. The summed E-state index contributed by atoms with van der Waals surface area (Å²) in [6, 6.07) is 11.6. The number of hydrogen-bond acceptors (Lipinski definition) is 6. The van der Waals surface area contributed by atoms with Gasteiger partial charge in [0.2, 0.25) is 15.9 Å². The van der Waals surface area contributed by atoms with E-state index in [1.165, 1.54) is 31.0 Å². The number of nitro benzene ring substituents is 1. The molecule has 1 atom stereocenters. The number of aryl methyl sites for hydroxylation is 1. The van der Waals surface area contributed by atoms with Gasteiger partial charge in [0.1, 0.15) is 6.54 Å². The van der Waals surface area contributed by atoms with Crippen LogP contribution in [0.4, 0.5) is 17.1 Å². The maximum atomic E-state index is 12.8. The van der Waals surface area contributed by atoms with E-state index < -0.39 is 27.4 Å². The van der Waals surface area contributed by atoms with Gasteiger partial charge in [0.05, 0.1) is 22.9 Å². The molecule has 1 N–H and O–H groups in total. The van der Waals surface area contributed by atoms with Crippen LogP contribution in [0.2, 0.25) is 0 Å². The monoisotopic (exact) mass is 488 g/mol. The molecule has 34 heavy (non-hydrogen) atoms. The Bertz CT molecular complexity index is 1140. The zero-order valence-corrected chi connectivity index (χ0v) is 20.8. The third-order valence-corrected chi connectivity index (χ3v) is 7.41. The molecule has 0 spiro atoms. The van der Waals surface area contributed by atoms with E-state index in [4.69, 9.17) is 0 Å². The van der Waals surface area contributed by atoms with Gasteiger partial charge in [-0.15, -0.1) is 0 Å². The number of piperidine rings is 1. The van der Waals surface area contributed by atoms with Crippen LogP contribution in [0.25, 0.3) is 0 Å². The van der Waals surface area contributed by atoms with Crippen molar-refractivity contribution in [2.24, 2.45) is 5.92 Å². The Hall–Kier alpha value is -3.14. The average molecular weight is 489 g/mol. The Morgan fingerprint density at radius 3 is 2.38 bits per heavy atom. The molecule has 1 heterocycles. The van der Waals surface area contributed by atoms with Gasteiger partial charge in [-0.25, -0.2) is 8.42 Å². The van der Waals surface area contributed by atoms with E-state index in [1.807, 2.05) is 31.2 Å². The first-order valence-electron chi connectivity index (χ1n) is 11.3.